The number of benzene rings is 1. The zero-order valence-corrected chi connectivity index (χ0v) is 11.2. The number of carbonyl (C=O) groups is 1. The lowest BCUT2D eigenvalue weighted by Gasteiger charge is -2.00. The van der Waals surface area contributed by atoms with Crippen LogP contribution in [0.3, 0.4) is 0 Å². The number of rotatable bonds is 5. The Kier molecular flexibility index (Phi) is 4.47. The van der Waals surface area contributed by atoms with Crippen LogP contribution >= 0.6 is 11.3 Å². The summed E-state index contributed by atoms with van der Waals surface area (Å²) in [6.45, 7) is 2.77. The Balaban J connectivity index is 2.00. The maximum Gasteiger partial charge on any atom is 0.226 e. The number of hydrogen-bond acceptors (Lipinski definition) is 3. The zero-order valence-electron chi connectivity index (χ0n) is 10.3. The summed E-state index contributed by atoms with van der Waals surface area (Å²) in [7, 11) is 0. The molecular formula is C14H16N2OS. The van der Waals surface area contributed by atoms with Gasteiger partial charge in [-0.15, -0.1) is 11.3 Å². The molecule has 2 aromatic rings. The largest absolute Gasteiger partial charge is 0.356 e. The van der Waals surface area contributed by atoms with Gasteiger partial charge in [0, 0.05) is 17.5 Å². The highest BCUT2D eigenvalue weighted by Crippen LogP contribution is 2.23. The third-order valence-electron chi connectivity index (χ3n) is 2.49. The Morgan fingerprint density at radius 2 is 2.11 bits per heavy atom. The van der Waals surface area contributed by atoms with Gasteiger partial charge < -0.3 is 5.32 Å². The molecule has 0 fully saturated rings. The first kappa shape index (κ1) is 12.8. The second kappa shape index (κ2) is 6.31. The number of nitrogens with zero attached hydrogens (tertiary/aromatic N) is 1. The maximum atomic E-state index is 11.6. The number of carbonyl (C=O) groups excluding carboxylic acids is 1. The van der Waals surface area contributed by atoms with Gasteiger partial charge in [-0.1, -0.05) is 37.3 Å². The van der Waals surface area contributed by atoms with Gasteiger partial charge in [-0.2, -0.15) is 0 Å². The number of nitrogens with one attached hydrogen (secondary N) is 1. The molecule has 0 radical (unpaired) electrons. The molecule has 0 saturated carbocycles. The van der Waals surface area contributed by atoms with Crippen molar-refractivity contribution in [2.45, 2.75) is 19.8 Å². The van der Waals surface area contributed by atoms with E-state index in [1.54, 1.807) is 11.3 Å². The fraction of sp³-hybridized carbons (Fsp3) is 0.286. The molecule has 1 aromatic heterocycles. The van der Waals surface area contributed by atoms with Gasteiger partial charge in [-0.3, -0.25) is 4.79 Å². The van der Waals surface area contributed by atoms with Gasteiger partial charge in [0.25, 0.3) is 0 Å². The van der Waals surface area contributed by atoms with Crippen molar-refractivity contribution in [2.75, 3.05) is 6.54 Å². The van der Waals surface area contributed by atoms with Crippen LogP contribution < -0.4 is 5.32 Å². The van der Waals surface area contributed by atoms with Crippen LogP contribution in [0.15, 0.2) is 35.7 Å². The summed E-state index contributed by atoms with van der Waals surface area (Å²) in [5.41, 5.74) is 1.94. The predicted molar refractivity (Wildman–Crippen MR) is 74.6 cm³/mol. The summed E-state index contributed by atoms with van der Waals surface area (Å²) in [6.07, 6.45) is 1.32. The lowest BCUT2D eigenvalue weighted by atomic mass is 10.2. The van der Waals surface area contributed by atoms with E-state index < -0.39 is 0 Å². The Morgan fingerprint density at radius 3 is 2.83 bits per heavy atom. The Hall–Kier alpha value is -1.68. The van der Waals surface area contributed by atoms with Crippen LogP contribution in [0.2, 0.25) is 0 Å². The van der Waals surface area contributed by atoms with Gasteiger partial charge in [0.1, 0.15) is 5.01 Å². The summed E-state index contributed by atoms with van der Waals surface area (Å²) in [5.74, 6) is 0.0433. The van der Waals surface area contributed by atoms with E-state index in [1.165, 1.54) is 0 Å². The lowest BCUT2D eigenvalue weighted by Crippen LogP contribution is -2.25. The highest BCUT2D eigenvalue weighted by atomic mass is 32.1. The van der Waals surface area contributed by atoms with Gasteiger partial charge in [0.2, 0.25) is 5.91 Å². The average Bonchev–Trinajstić information content (AvgIpc) is 2.86. The normalized spacial score (nSPS) is 10.3. The van der Waals surface area contributed by atoms with E-state index in [4.69, 9.17) is 0 Å². The first-order valence-corrected chi connectivity index (χ1v) is 6.94. The van der Waals surface area contributed by atoms with Gasteiger partial charge in [-0.05, 0) is 6.42 Å². The lowest BCUT2D eigenvalue weighted by molar-refractivity contribution is -0.120. The van der Waals surface area contributed by atoms with E-state index in [1.807, 2.05) is 42.6 Å². The summed E-state index contributed by atoms with van der Waals surface area (Å²) >= 11 is 1.58. The van der Waals surface area contributed by atoms with Crippen molar-refractivity contribution in [2.24, 2.45) is 0 Å². The molecule has 3 nitrogen and oxygen atoms in total. The molecule has 18 heavy (non-hydrogen) atoms. The van der Waals surface area contributed by atoms with Gasteiger partial charge >= 0.3 is 0 Å². The molecule has 0 aliphatic carbocycles. The number of aromatic nitrogens is 1. The molecular weight excluding hydrogens is 244 g/mol. The summed E-state index contributed by atoms with van der Waals surface area (Å²) in [6, 6.07) is 10.0. The van der Waals surface area contributed by atoms with Crippen molar-refractivity contribution >= 4 is 17.2 Å². The van der Waals surface area contributed by atoms with E-state index in [0.717, 1.165) is 29.2 Å². The van der Waals surface area contributed by atoms with Crippen molar-refractivity contribution in [3.05, 3.63) is 41.4 Å². The quantitative estimate of drug-likeness (QED) is 0.898. The average molecular weight is 260 g/mol. The third kappa shape index (κ3) is 3.40. The van der Waals surface area contributed by atoms with Crippen LogP contribution in [0.5, 0.6) is 0 Å². The fourth-order valence-electron chi connectivity index (χ4n) is 1.59. The predicted octanol–water partition coefficient (Wildman–Crippen LogP) is 2.88. The molecule has 0 aliphatic heterocycles. The highest BCUT2D eigenvalue weighted by Gasteiger charge is 2.08. The Bertz CT molecular complexity index is 508. The van der Waals surface area contributed by atoms with Crippen LogP contribution in [0.4, 0.5) is 0 Å². The van der Waals surface area contributed by atoms with Crippen molar-refractivity contribution < 1.29 is 4.79 Å². The smallest absolute Gasteiger partial charge is 0.226 e. The molecule has 0 saturated heterocycles. The number of amides is 1. The number of hydrogen-bond donors (Lipinski definition) is 1. The minimum absolute atomic E-state index is 0.0433. The van der Waals surface area contributed by atoms with Crippen molar-refractivity contribution in [3.8, 4) is 10.6 Å². The molecule has 4 heteroatoms. The Morgan fingerprint density at radius 1 is 1.33 bits per heavy atom. The third-order valence-corrected chi connectivity index (χ3v) is 3.43. The first-order valence-electron chi connectivity index (χ1n) is 6.06. The molecule has 1 aromatic carbocycles. The molecule has 1 heterocycles. The van der Waals surface area contributed by atoms with Gasteiger partial charge in [0.05, 0.1) is 12.1 Å². The zero-order chi connectivity index (χ0) is 12.8. The number of thiazole rings is 1. The van der Waals surface area contributed by atoms with Gasteiger partial charge in [0.15, 0.2) is 0 Å². The summed E-state index contributed by atoms with van der Waals surface area (Å²) in [5, 5.41) is 5.77. The molecule has 0 atom stereocenters. The fourth-order valence-corrected chi connectivity index (χ4v) is 2.42. The van der Waals surface area contributed by atoms with Crippen molar-refractivity contribution in [3.63, 3.8) is 0 Å². The first-order chi connectivity index (χ1) is 8.79. The monoisotopic (exact) mass is 260 g/mol. The summed E-state index contributed by atoms with van der Waals surface area (Å²) in [4.78, 5) is 16.1. The second-order valence-corrected chi connectivity index (χ2v) is 4.89. The van der Waals surface area contributed by atoms with E-state index in [0.29, 0.717) is 6.42 Å². The minimum atomic E-state index is 0.0433. The standard InChI is InChI=1S/C14H16N2OS/c1-2-8-15-13(17)9-12-10-18-14(16-12)11-6-4-3-5-7-11/h3-7,10H,2,8-9H2,1H3,(H,15,17). The van der Waals surface area contributed by atoms with E-state index in [9.17, 15) is 4.79 Å². The molecule has 0 bridgehead atoms. The molecule has 0 aliphatic rings. The van der Waals surface area contributed by atoms with Crippen molar-refractivity contribution in [1.82, 2.24) is 10.3 Å². The molecule has 94 valence electrons. The molecule has 1 N–H and O–H groups in total. The van der Waals surface area contributed by atoms with Gasteiger partial charge in [-0.25, -0.2) is 4.98 Å². The molecule has 2 rings (SSSR count). The minimum Gasteiger partial charge on any atom is -0.356 e. The topological polar surface area (TPSA) is 42.0 Å². The second-order valence-electron chi connectivity index (χ2n) is 4.04. The van der Waals surface area contributed by atoms with Crippen LogP contribution in [0, 0.1) is 0 Å². The maximum absolute atomic E-state index is 11.6. The van der Waals surface area contributed by atoms with Crippen LogP contribution in [0.1, 0.15) is 19.0 Å². The summed E-state index contributed by atoms with van der Waals surface area (Å²) < 4.78 is 0. The van der Waals surface area contributed by atoms with E-state index in [-0.39, 0.29) is 5.91 Å². The molecule has 1 amide bonds. The SMILES string of the molecule is CCCNC(=O)Cc1csc(-c2ccccc2)n1. The molecule has 0 unspecified atom stereocenters. The van der Waals surface area contributed by atoms with Crippen LogP contribution in [-0.4, -0.2) is 17.4 Å². The van der Waals surface area contributed by atoms with E-state index in [2.05, 4.69) is 10.3 Å². The van der Waals surface area contributed by atoms with Crippen molar-refractivity contribution in [1.29, 1.82) is 0 Å². The van der Waals surface area contributed by atoms with Crippen LogP contribution in [-0.2, 0) is 11.2 Å². The highest BCUT2D eigenvalue weighted by molar-refractivity contribution is 7.13. The molecule has 0 spiro atoms. The Labute approximate surface area is 111 Å². The van der Waals surface area contributed by atoms with E-state index >= 15 is 0 Å². The van der Waals surface area contributed by atoms with Crippen LogP contribution in [0.25, 0.3) is 10.6 Å².